The Kier molecular flexibility index (Phi) is 6.46. The number of hydrogen-bond donors (Lipinski definition) is 2. The number of amidine groups is 1. The van der Waals surface area contributed by atoms with E-state index in [0.29, 0.717) is 26.6 Å². The molecule has 2 aromatic rings. The molecular weight excluding hydrogens is 414 g/mol. The maximum Gasteiger partial charge on any atom is 0.264 e. The fraction of sp³-hybridized carbons (Fsp3) is 0.150. The van der Waals surface area contributed by atoms with Gasteiger partial charge in [0.15, 0.2) is 23.3 Å². The molecule has 1 aliphatic rings. The molecule has 0 aromatic heterocycles. The summed E-state index contributed by atoms with van der Waals surface area (Å²) < 4.78 is 10.6. The van der Waals surface area contributed by atoms with E-state index in [2.05, 4.69) is 10.3 Å². The van der Waals surface area contributed by atoms with Crippen molar-refractivity contribution in [3.63, 3.8) is 0 Å². The number of aryl methyl sites for hydroxylation is 1. The SMILES string of the molecule is COc1cc(/C=C2\SC(=Nc3ccc(Cl)cc3C)NC2=O)ccc1OCC(N)=O. The molecule has 9 heteroatoms. The topological polar surface area (TPSA) is 103 Å². The Morgan fingerprint density at radius 2 is 2.07 bits per heavy atom. The number of primary amides is 1. The third-order valence-electron chi connectivity index (χ3n) is 3.89. The number of amides is 2. The number of benzene rings is 2. The van der Waals surface area contributed by atoms with Crippen LogP contribution in [0.5, 0.6) is 11.5 Å². The van der Waals surface area contributed by atoms with Gasteiger partial charge in [-0.05, 0) is 66.2 Å². The van der Waals surface area contributed by atoms with Crippen molar-refractivity contribution in [2.45, 2.75) is 6.92 Å². The van der Waals surface area contributed by atoms with Gasteiger partial charge in [-0.2, -0.15) is 0 Å². The summed E-state index contributed by atoms with van der Waals surface area (Å²) in [4.78, 5) is 28.2. The Labute approximate surface area is 176 Å². The van der Waals surface area contributed by atoms with Gasteiger partial charge in [0.2, 0.25) is 0 Å². The minimum absolute atomic E-state index is 0.242. The number of rotatable bonds is 6. The van der Waals surface area contributed by atoms with Gasteiger partial charge in [0, 0.05) is 5.02 Å². The number of methoxy groups -OCH3 is 1. The molecule has 0 bridgehead atoms. The summed E-state index contributed by atoms with van der Waals surface area (Å²) in [5.74, 6) is -0.0134. The van der Waals surface area contributed by atoms with E-state index in [4.69, 9.17) is 26.8 Å². The summed E-state index contributed by atoms with van der Waals surface area (Å²) in [5, 5.41) is 3.87. The van der Waals surface area contributed by atoms with Crippen molar-refractivity contribution >= 4 is 52.1 Å². The number of halogens is 1. The molecule has 0 aliphatic carbocycles. The summed E-state index contributed by atoms with van der Waals surface area (Å²) in [5.41, 5.74) is 7.47. The van der Waals surface area contributed by atoms with Gasteiger partial charge in [-0.3, -0.25) is 9.59 Å². The summed E-state index contributed by atoms with van der Waals surface area (Å²) in [7, 11) is 1.49. The number of nitrogens with two attached hydrogens (primary N) is 1. The van der Waals surface area contributed by atoms with Gasteiger partial charge in [0.05, 0.1) is 17.7 Å². The highest BCUT2D eigenvalue weighted by atomic mass is 35.5. The van der Waals surface area contributed by atoms with E-state index >= 15 is 0 Å². The maximum atomic E-state index is 12.3. The van der Waals surface area contributed by atoms with Crippen molar-refractivity contribution in [1.29, 1.82) is 0 Å². The Morgan fingerprint density at radius 3 is 2.76 bits per heavy atom. The molecule has 0 atom stereocenters. The first-order valence-corrected chi connectivity index (χ1v) is 9.70. The number of nitrogens with one attached hydrogen (secondary N) is 1. The number of aliphatic imine (C=N–C) groups is 1. The maximum absolute atomic E-state index is 12.3. The molecule has 0 radical (unpaired) electrons. The van der Waals surface area contributed by atoms with Gasteiger partial charge >= 0.3 is 0 Å². The highest BCUT2D eigenvalue weighted by Gasteiger charge is 2.24. The molecule has 29 heavy (non-hydrogen) atoms. The van der Waals surface area contributed by atoms with Crippen LogP contribution in [0.25, 0.3) is 6.08 Å². The van der Waals surface area contributed by atoms with Crippen molar-refractivity contribution in [1.82, 2.24) is 5.32 Å². The van der Waals surface area contributed by atoms with Crippen LogP contribution in [0.3, 0.4) is 0 Å². The second-order valence-corrected chi connectivity index (χ2v) is 7.54. The van der Waals surface area contributed by atoms with Crippen LogP contribution in [0.15, 0.2) is 46.3 Å². The Hall–Kier alpha value is -2.97. The summed E-state index contributed by atoms with van der Waals surface area (Å²) in [6.07, 6.45) is 1.72. The van der Waals surface area contributed by atoms with E-state index in [0.717, 1.165) is 16.8 Å². The molecule has 2 amide bonds. The van der Waals surface area contributed by atoms with Crippen LogP contribution in [0, 0.1) is 6.92 Å². The van der Waals surface area contributed by atoms with Crippen LogP contribution in [0.1, 0.15) is 11.1 Å². The third-order valence-corrected chi connectivity index (χ3v) is 5.03. The van der Waals surface area contributed by atoms with Gasteiger partial charge < -0.3 is 20.5 Å². The summed E-state index contributed by atoms with van der Waals surface area (Å²) in [6, 6.07) is 10.5. The first kappa shape index (κ1) is 20.8. The molecule has 0 saturated carbocycles. The van der Waals surface area contributed by atoms with Gasteiger partial charge in [0.1, 0.15) is 0 Å². The molecule has 150 valence electrons. The van der Waals surface area contributed by atoms with E-state index < -0.39 is 5.91 Å². The van der Waals surface area contributed by atoms with Crippen LogP contribution in [-0.4, -0.2) is 30.7 Å². The molecule has 1 heterocycles. The number of carbonyl (C=O) groups excluding carboxylic acids is 2. The van der Waals surface area contributed by atoms with E-state index in [1.807, 2.05) is 13.0 Å². The first-order chi connectivity index (χ1) is 13.9. The Morgan fingerprint density at radius 1 is 1.28 bits per heavy atom. The van der Waals surface area contributed by atoms with Gasteiger partial charge in [-0.25, -0.2) is 4.99 Å². The van der Waals surface area contributed by atoms with E-state index in [9.17, 15) is 9.59 Å². The lowest BCUT2D eigenvalue weighted by atomic mass is 10.2. The van der Waals surface area contributed by atoms with E-state index in [-0.39, 0.29) is 12.5 Å². The molecule has 2 aromatic carbocycles. The van der Waals surface area contributed by atoms with Crippen molar-refractivity contribution in [3.05, 3.63) is 57.5 Å². The largest absolute Gasteiger partial charge is 0.493 e. The molecular formula is C20H18ClN3O4S. The molecule has 1 aliphatic heterocycles. The van der Waals surface area contributed by atoms with Crippen LogP contribution in [-0.2, 0) is 9.59 Å². The number of carbonyl (C=O) groups is 2. The van der Waals surface area contributed by atoms with Gasteiger partial charge in [-0.15, -0.1) is 0 Å². The monoisotopic (exact) mass is 431 g/mol. The lowest BCUT2D eigenvalue weighted by Crippen LogP contribution is -2.20. The predicted octanol–water partition coefficient (Wildman–Crippen LogP) is 3.41. The molecule has 1 fully saturated rings. The zero-order valence-electron chi connectivity index (χ0n) is 15.7. The second-order valence-electron chi connectivity index (χ2n) is 6.08. The highest BCUT2D eigenvalue weighted by molar-refractivity contribution is 8.18. The van der Waals surface area contributed by atoms with Crippen molar-refractivity contribution in [2.24, 2.45) is 10.7 Å². The minimum Gasteiger partial charge on any atom is -0.493 e. The smallest absolute Gasteiger partial charge is 0.264 e. The van der Waals surface area contributed by atoms with Crippen LogP contribution in [0.2, 0.25) is 5.02 Å². The van der Waals surface area contributed by atoms with Crippen molar-refractivity contribution in [2.75, 3.05) is 13.7 Å². The average Bonchev–Trinajstić information content (AvgIpc) is 3.01. The van der Waals surface area contributed by atoms with Crippen molar-refractivity contribution < 1.29 is 19.1 Å². The molecule has 3 N–H and O–H groups in total. The second kappa shape index (κ2) is 9.02. The fourth-order valence-electron chi connectivity index (χ4n) is 2.53. The molecule has 7 nitrogen and oxygen atoms in total. The normalized spacial score (nSPS) is 16.2. The van der Waals surface area contributed by atoms with Gasteiger partial charge in [-0.1, -0.05) is 17.7 Å². The number of thioether (sulfide) groups is 1. The lowest BCUT2D eigenvalue weighted by Gasteiger charge is -2.10. The van der Waals surface area contributed by atoms with Crippen LogP contribution >= 0.6 is 23.4 Å². The lowest BCUT2D eigenvalue weighted by molar-refractivity contribution is -0.120. The Bertz CT molecular complexity index is 1040. The number of nitrogens with zero attached hydrogens (tertiary/aromatic N) is 1. The summed E-state index contributed by atoms with van der Waals surface area (Å²) in [6.45, 7) is 1.65. The van der Waals surface area contributed by atoms with E-state index in [1.165, 1.54) is 18.9 Å². The van der Waals surface area contributed by atoms with Crippen molar-refractivity contribution in [3.8, 4) is 11.5 Å². The van der Waals surface area contributed by atoms with Crippen LogP contribution in [0.4, 0.5) is 5.69 Å². The predicted molar refractivity (Wildman–Crippen MR) is 115 cm³/mol. The zero-order chi connectivity index (χ0) is 21.0. The first-order valence-electron chi connectivity index (χ1n) is 8.50. The molecule has 1 saturated heterocycles. The third kappa shape index (κ3) is 5.30. The Balaban J connectivity index is 1.81. The van der Waals surface area contributed by atoms with Gasteiger partial charge in [0.25, 0.3) is 11.8 Å². The average molecular weight is 432 g/mol. The molecule has 0 spiro atoms. The summed E-state index contributed by atoms with van der Waals surface area (Å²) >= 11 is 7.20. The fourth-order valence-corrected chi connectivity index (χ4v) is 3.59. The molecule has 0 unspecified atom stereocenters. The number of hydrogen-bond acceptors (Lipinski definition) is 6. The standard InChI is InChI=1S/C20H18ClN3O4S/c1-11-7-13(21)4-5-14(11)23-20-24-19(26)17(29-20)9-12-3-6-15(16(8-12)27-2)28-10-18(22)25/h3-9H,10H2,1-2H3,(H2,22,25)(H,23,24,26)/b17-9-. The highest BCUT2D eigenvalue weighted by Crippen LogP contribution is 2.33. The zero-order valence-corrected chi connectivity index (χ0v) is 17.3. The van der Waals surface area contributed by atoms with Crippen LogP contribution < -0.4 is 20.5 Å². The minimum atomic E-state index is -0.583. The van der Waals surface area contributed by atoms with E-state index in [1.54, 1.807) is 36.4 Å². The quantitative estimate of drug-likeness (QED) is 0.682. The molecule has 3 rings (SSSR count). The number of ether oxygens (including phenoxy) is 2.